The van der Waals surface area contributed by atoms with Gasteiger partial charge in [-0.05, 0) is 35.2 Å². The Morgan fingerprint density at radius 3 is 2.22 bits per heavy atom. The number of aryl methyl sites for hydroxylation is 1. The molecule has 0 unspecified atom stereocenters. The number of carbonyl (C=O) groups is 2. The molecule has 1 atom stereocenters. The molecule has 1 aliphatic heterocycles. The first-order valence-electron chi connectivity index (χ1n) is 12.8. The average molecular weight is 504 g/mol. The van der Waals surface area contributed by atoms with E-state index in [9.17, 15) is 14.0 Å². The number of halogens is 1. The summed E-state index contributed by atoms with van der Waals surface area (Å²) in [6.45, 7) is 4.47. The molecule has 3 aromatic rings. The fraction of sp³-hybridized carbons (Fsp3) is 0.333. The van der Waals surface area contributed by atoms with Crippen LogP contribution in [0.4, 0.5) is 4.39 Å². The number of carbonyl (C=O) groups excluding carboxylic acids is 2. The van der Waals surface area contributed by atoms with Crippen molar-refractivity contribution < 1.29 is 18.7 Å². The molecule has 1 aliphatic rings. The fourth-order valence-corrected chi connectivity index (χ4v) is 4.52. The molecule has 0 aromatic heterocycles. The van der Waals surface area contributed by atoms with E-state index in [0.29, 0.717) is 26.2 Å². The molecule has 0 spiro atoms. The van der Waals surface area contributed by atoms with Crippen LogP contribution in [0.5, 0.6) is 0 Å². The van der Waals surface area contributed by atoms with Crippen LogP contribution in [0.1, 0.15) is 29.2 Å². The summed E-state index contributed by atoms with van der Waals surface area (Å²) in [5.74, 6) is -0.703. The minimum Gasteiger partial charge on any atom is -0.379 e. The topological polar surface area (TPSA) is 61.9 Å². The Labute approximate surface area is 218 Å². The maximum atomic E-state index is 13.7. The lowest BCUT2D eigenvalue weighted by atomic mass is 10.0. The highest BCUT2D eigenvalue weighted by Crippen LogP contribution is 2.25. The quantitative estimate of drug-likeness (QED) is 0.430. The van der Waals surface area contributed by atoms with Crippen molar-refractivity contribution in [2.45, 2.75) is 25.4 Å². The molecule has 0 saturated carbocycles. The van der Waals surface area contributed by atoms with Crippen molar-refractivity contribution >= 4 is 11.8 Å². The Morgan fingerprint density at radius 1 is 0.892 bits per heavy atom. The van der Waals surface area contributed by atoms with E-state index in [4.69, 9.17) is 4.74 Å². The van der Waals surface area contributed by atoms with Gasteiger partial charge in [-0.25, -0.2) is 4.39 Å². The number of nitrogens with one attached hydrogen (secondary N) is 1. The Morgan fingerprint density at radius 2 is 1.54 bits per heavy atom. The predicted molar refractivity (Wildman–Crippen MR) is 141 cm³/mol. The second-order valence-electron chi connectivity index (χ2n) is 9.19. The van der Waals surface area contributed by atoms with Crippen molar-refractivity contribution in [3.05, 3.63) is 107 Å². The van der Waals surface area contributed by atoms with Gasteiger partial charge >= 0.3 is 0 Å². The number of hydrogen-bond donors (Lipinski definition) is 1. The summed E-state index contributed by atoms with van der Waals surface area (Å²) in [6.07, 6.45) is 0.829. The Bertz CT molecular complexity index is 1120. The van der Waals surface area contributed by atoms with Crippen LogP contribution in [-0.2, 0) is 27.3 Å². The van der Waals surface area contributed by atoms with Crippen molar-refractivity contribution in [3.63, 3.8) is 0 Å². The molecule has 0 bridgehead atoms. The second-order valence-corrected chi connectivity index (χ2v) is 9.19. The zero-order valence-corrected chi connectivity index (χ0v) is 21.0. The van der Waals surface area contributed by atoms with Crippen LogP contribution in [0.3, 0.4) is 0 Å². The van der Waals surface area contributed by atoms with E-state index in [1.807, 2.05) is 60.7 Å². The largest absolute Gasteiger partial charge is 0.379 e. The Kier molecular flexibility index (Phi) is 9.80. The van der Waals surface area contributed by atoms with E-state index in [2.05, 4.69) is 10.2 Å². The number of benzene rings is 3. The van der Waals surface area contributed by atoms with E-state index in [-0.39, 0.29) is 30.6 Å². The molecular weight excluding hydrogens is 469 g/mol. The lowest BCUT2D eigenvalue weighted by molar-refractivity contribution is -0.141. The van der Waals surface area contributed by atoms with Crippen molar-refractivity contribution in [3.8, 4) is 0 Å². The molecule has 3 aromatic carbocycles. The Hall–Kier alpha value is -3.55. The van der Waals surface area contributed by atoms with Gasteiger partial charge in [-0.15, -0.1) is 0 Å². The first-order valence-corrected chi connectivity index (χ1v) is 12.8. The van der Waals surface area contributed by atoms with Crippen LogP contribution in [0.2, 0.25) is 0 Å². The van der Waals surface area contributed by atoms with Crippen molar-refractivity contribution in [1.82, 2.24) is 15.1 Å². The average Bonchev–Trinajstić information content (AvgIpc) is 2.94. The predicted octanol–water partition coefficient (Wildman–Crippen LogP) is 3.98. The van der Waals surface area contributed by atoms with Gasteiger partial charge in [-0.1, -0.05) is 72.8 Å². The summed E-state index contributed by atoms with van der Waals surface area (Å²) in [5.41, 5.74) is 2.56. The number of morpholine rings is 1. The third-order valence-electron chi connectivity index (χ3n) is 6.56. The van der Waals surface area contributed by atoms with E-state index >= 15 is 0 Å². The maximum absolute atomic E-state index is 13.7. The van der Waals surface area contributed by atoms with E-state index in [1.165, 1.54) is 12.1 Å². The minimum atomic E-state index is -0.806. The highest BCUT2D eigenvalue weighted by Gasteiger charge is 2.31. The number of amides is 2. The third kappa shape index (κ3) is 7.97. The normalized spacial score (nSPS) is 14.6. The van der Waals surface area contributed by atoms with E-state index in [0.717, 1.165) is 36.3 Å². The van der Waals surface area contributed by atoms with Crippen LogP contribution in [-0.4, -0.2) is 61.0 Å². The first-order chi connectivity index (χ1) is 18.1. The van der Waals surface area contributed by atoms with Gasteiger partial charge in [0.1, 0.15) is 11.9 Å². The van der Waals surface area contributed by atoms with Gasteiger partial charge in [-0.3, -0.25) is 14.5 Å². The number of hydrogen-bond acceptors (Lipinski definition) is 4. The van der Waals surface area contributed by atoms with Crippen molar-refractivity contribution in [2.24, 2.45) is 0 Å². The number of ether oxygens (including phenoxy) is 1. The lowest BCUT2D eigenvalue weighted by Crippen LogP contribution is -2.46. The molecule has 4 rings (SSSR count). The van der Waals surface area contributed by atoms with Gasteiger partial charge in [0.25, 0.3) is 0 Å². The maximum Gasteiger partial charge on any atom is 0.247 e. The molecule has 194 valence electrons. The standard InChI is InChI=1S/C30H34FN3O3/c31-27-14-11-25(12-15-27)23-34(28(35)16-13-24-7-3-1-4-8-24)29(26-9-5-2-6-10-26)30(36)32-17-18-33-19-21-37-22-20-33/h1-12,14-15,29H,13,16-23H2,(H,32,36)/t29-/m0/s1. The van der Waals surface area contributed by atoms with Crippen LogP contribution in [0, 0.1) is 5.82 Å². The molecule has 1 heterocycles. The summed E-state index contributed by atoms with van der Waals surface area (Å²) in [7, 11) is 0. The van der Waals surface area contributed by atoms with Crippen LogP contribution in [0.25, 0.3) is 0 Å². The molecule has 7 heteroatoms. The second kappa shape index (κ2) is 13.7. The van der Waals surface area contributed by atoms with Crippen LogP contribution < -0.4 is 5.32 Å². The smallest absolute Gasteiger partial charge is 0.247 e. The number of rotatable bonds is 11. The van der Waals surface area contributed by atoms with E-state index in [1.54, 1.807) is 17.0 Å². The van der Waals surface area contributed by atoms with Crippen molar-refractivity contribution in [1.29, 1.82) is 0 Å². The lowest BCUT2D eigenvalue weighted by Gasteiger charge is -2.32. The highest BCUT2D eigenvalue weighted by molar-refractivity contribution is 5.88. The summed E-state index contributed by atoms with van der Waals surface area (Å²) < 4.78 is 19.0. The third-order valence-corrected chi connectivity index (χ3v) is 6.56. The first kappa shape index (κ1) is 26.5. The summed E-state index contributed by atoms with van der Waals surface area (Å²) in [4.78, 5) is 31.2. The van der Waals surface area contributed by atoms with Gasteiger partial charge in [0.15, 0.2) is 0 Å². The zero-order valence-electron chi connectivity index (χ0n) is 21.0. The molecule has 2 amide bonds. The molecule has 1 saturated heterocycles. The molecule has 0 radical (unpaired) electrons. The SMILES string of the molecule is O=C(NCCN1CCOCC1)[C@H](c1ccccc1)N(Cc1ccc(F)cc1)C(=O)CCc1ccccc1. The molecule has 6 nitrogen and oxygen atoms in total. The van der Waals surface area contributed by atoms with Gasteiger partial charge in [0, 0.05) is 39.1 Å². The fourth-order valence-electron chi connectivity index (χ4n) is 4.52. The molecule has 37 heavy (non-hydrogen) atoms. The summed E-state index contributed by atoms with van der Waals surface area (Å²) >= 11 is 0. The highest BCUT2D eigenvalue weighted by atomic mass is 19.1. The monoisotopic (exact) mass is 503 g/mol. The summed E-state index contributed by atoms with van der Waals surface area (Å²) in [6, 6.07) is 24.5. The van der Waals surface area contributed by atoms with Crippen molar-refractivity contribution in [2.75, 3.05) is 39.4 Å². The molecule has 1 N–H and O–H groups in total. The molecular formula is C30H34FN3O3. The molecule has 1 fully saturated rings. The number of nitrogens with zero attached hydrogens (tertiary/aromatic N) is 2. The van der Waals surface area contributed by atoms with E-state index < -0.39 is 6.04 Å². The molecule has 0 aliphatic carbocycles. The van der Waals surface area contributed by atoms with Gasteiger partial charge < -0.3 is 15.0 Å². The van der Waals surface area contributed by atoms with Gasteiger partial charge in [0.2, 0.25) is 11.8 Å². The van der Waals surface area contributed by atoms with Crippen LogP contribution in [0.15, 0.2) is 84.9 Å². The Balaban J connectivity index is 1.55. The summed E-state index contributed by atoms with van der Waals surface area (Å²) in [5, 5.41) is 3.06. The zero-order chi connectivity index (χ0) is 25.9. The van der Waals surface area contributed by atoms with Crippen LogP contribution >= 0.6 is 0 Å². The van der Waals surface area contributed by atoms with Gasteiger partial charge in [-0.2, -0.15) is 0 Å². The van der Waals surface area contributed by atoms with Gasteiger partial charge in [0.05, 0.1) is 13.2 Å². The minimum absolute atomic E-state index is 0.134.